The van der Waals surface area contributed by atoms with E-state index in [9.17, 15) is 18.1 Å². The molecule has 7 heteroatoms. The molecule has 0 saturated carbocycles. The number of hydrogen-bond acceptors (Lipinski definition) is 4. The third-order valence-corrected chi connectivity index (χ3v) is 5.64. The SMILES string of the molecule is CCCCCCCCCCc1cc(Oc2ccccc2[O-])ccc1S(=O)(=O)O.[Na+]. The Kier molecular flexibility index (Phi) is 11.9. The minimum Gasteiger partial charge on any atom is -0.870 e. The number of unbranched alkanes of at least 4 members (excludes halogenated alkanes) is 7. The van der Waals surface area contributed by atoms with Gasteiger partial charge in [-0.2, -0.15) is 8.42 Å². The zero-order valence-electron chi connectivity index (χ0n) is 17.4. The van der Waals surface area contributed by atoms with Gasteiger partial charge in [0, 0.05) is 0 Å². The van der Waals surface area contributed by atoms with Crippen LogP contribution in [0.1, 0.15) is 63.9 Å². The molecule has 5 nitrogen and oxygen atoms in total. The summed E-state index contributed by atoms with van der Waals surface area (Å²) in [6.07, 6.45) is 9.68. The molecular formula is C22H29NaO5S. The summed E-state index contributed by atoms with van der Waals surface area (Å²) >= 11 is 0. The van der Waals surface area contributed by atoms with Crippen molar-refractivity contribution in [3.63, 3.8) is 0 Å². The van der Waals surface area contributed by atoms with Gasteiger partial charge in [-0.05, 0) is 42.7 Å². The monoisotopic (exact) mass is 428 g/mol. The molecule has 0 amide bonds. The second-order valence-electron chi connectivity index (χ2n) is 7.02. The van der Waals surface area contributed by atoms with Gasteiger partial charge in [0.05, 0.1) is 4.90 Å². The van der Waals surface area contributed by atoms with Crippen molar-refractivity contribution in [2.24, 2.45) is 0 Å². The van der Waals surface area contributed by atoms with E-state index in [4.69, 9.17) is 4.74 Å². The number of benzene rings is 2. The van der Waals surface area contributed by atoms with E-state index in [2.05, 4.69) is 6.92 Å². The van der Waals surface area contributed by atoms with Crippen molar-refractivity contribution in [2.75, 3.05) is 0 Å². The van der Waals surface area contributed by atoms with Crippen molar-refractivity contribution >= 4 is 10.1 Å². The van der Waals surface area contributed by atoms with Crippen LogP contribution in [0.3, 0.4) is 0 Å². The second-order valence-corrected chi connectivity index (χ2v) is 8.41. The van der Waals surface area contributed by atoms with Crippen LogP contribution in [0.15, 0.2) is 47.4 Å². The summed E-state index contributed by atoms with van der Waals surface area (Å²) in [7, 11) is -4.31. The molecule has 0 aliphatic carbocycles. The summed E-state index contributed by atoms with van der Waals surface area (Å²) in [6, 6.07) is 10.7. The number of hydrogen-bond donors (Lipinski definition) is 1. The van der Waals surface area contributed by atoms with Crippen LogP contribution in [0.25, 0.3) is 0 Å². The van der Waals surface area contributed by atoms with Crippen LogP contribution in [-0.4, -0.2) is 13.0 Å². The zero-order chi connectivity index (χ0) is 20.4. The Morgan fingerprint density at radius 2 is 1.55 bits per heavy atom. The fourth-order valence-electron chi connectivity index (χ4n) is 3.18. The van der Waals surface area contributed by atoms with Crippen LogP contribution in [0.2, 0.25) is 0 Å². The van der Waals surface area contributed by atoms with E-state index in [0.717, 1.165) is 19.3 Å². The molecule has 0 fully saturated rings. The van der Waals surface area contributed by atoms with Crippen LogP contribution in [0.5, 0.6) is 17.2 Å². The molecule has 2 rings (SSSR count). The molecule has 0 aliphatic heterocycles. The van der Waals surface area contributed by atoms with Gasteiger partial charge >= 0.3 is 29.6 Å². The largest absolute Gasteiger partial charge is 1.00 e. The van der Waals surface area contributed by atoms with Gasteiger partial charge in [0.1, 0.15) is 11.5 Å². The summed E-state index contributed by atoms with van der Waals surface area (Å²) < 4.78 is 38.5. The first-order chi connectivity index (χ1) is 13.4. The van der Waals surface area contributed by atoms with Crippen molar-refractivity contribution < 1.29 is 52.4 Å². The van der Waals surface area contributed by atoms with Gasteiger partial charge in [-0.25, -0.2) is 0 Å². The number of ether oxygens (including phenoxy) is 1. The minimum absolute atomic E-state index is 0. The summed E-state index contributed by atoms with van der Waals surface area (Å²) in [6.45, 7) is 2.19. The van der Waals surface area contributed by atoms with Crippen molar-refractivity contribution in [1.82, 2.24) is 0 Å². The smallest absolute Gasteiger partial charge is 0.870 e. The van der Waals surface area contributed by atoms with Crippen LogP contribution in [0.4, 0.5) is 0 Å². The predicted octanol–water partition coefficient (Wildman–Crippen LogP) is 2.49. The average molecular weight is 429 g/mol. The summed E-state index contributed by atoms with van der Waals surface area (Å²) in [5, 5.41) is 11.8. The van der Waals surface area contributed by atoms with Crippen molar-refractivity contribution in [1.29, 1.82) is 0 Å². The normalized spacial score (nSPS) is 11.1. The molecule has 0 spiro atoms. The molecule has 0 atom stereocenters. The predicted molar refractivity (Wildman–Crippen MR) is 109 cm³/mol. The summed E-state index contributed by atoms with van der Waals surface area (Å²) in [5.74, 6) is 0.316. The molecule has 29 heavy (non-hydrogen) atoms. The molecule has 2 aromatic carbocycles. The second kappa shape index (κ2) is 13.3. The zero-order valence-corrected chi connectivity index (χ0v) is 20.2. The summed E-state index contributed by atoms with van der Waals surface area (Å²) in [4.78, 5) is -0.0989. The topological polar surface area (TPSA) is 86.7 Å². The van der Waals surface area contributed by atoms with Crippen molar-refractivity contribution in [3.05, 3.63) is 48.0 Å². The number of rotatable bonds is 12. The molecule has 0 aromatic heterocycles. The third kappa shape index (κ3) is 9.09. The number of para-hydroxylation sites is 2. The fourth-order valence-corrected chi connectivity index (χ4v) is 3.91. The average Bonchev–Trinajstić information content (AvgIpc) is 2.65. The Morgan fingerprint density at radius 1 is 0.931 bits per heavy atom. The molecule has 0 saturated heterocycles. The van der Waals surface area contributed by atoms with Gasteiger partial charge in [-0.3, -0.25) is 4.55 Å². The van der Waals surface area contributed by atoms with E-state index in [-0.39, 0.29) is 46.0 Å². The van der Waals surface area contributed by atoms with E-state index < -0.39 is 10.1 Å². The first-order valence-corrected chi connectivity index (χ1v) is 11.4. The maximum Gasteiger partial charge on any atom is 1.00 e. The van der Waals surface area contributed by atoms with Crippen LogP contribution in [0, 0.1) is 0 Å². The molecule has 154 valence electrons. The molecule has 0 radical (unpaired) electrons. The van der Waals surface area contributed by atoms with Crippen molar-refractivity contribution in [3.8, 4) is 17.2 Å². The van der Waals surface area contributed by atoms with Crippen LogP contribution >= 0.6 is 0 Å². The van der Waals surface area contributed by atoms with Gasteiger partial charge in [0.2, 0.25) is 0 Å². The van der Waals surface area contributed by atoms with Gasteiger partial charge in [-0.1, -0.05) is 75.8 Å². The quantitative estimate of drug-likeness (QED) is 0.319. The van der Waals surface area contributed by atoms with Gasteiger partial charge < -0.3 is 9.84 Å². The Morgan fingerprint density at radius 3 is 2.17 bits per heavy atom. The van der Waals surface area contributed by atoms with E-state index in [1.54, 1.807) is 24.3 Å². The van der Waals surface area contributed by atoms with Crippen LogP contribution < -0.4 is 39.4 Å². The molecule has 0 heterocycles. The molecule has 2 aromatic rings. The fraction of sp³-hybridized carbons (Fsp3) is 0.455. The molecule has 0 bridgehead atoms. The van der Waals surface area contributed by atoms with Crippen LogP contribution in [-0.2, 0) is 16.5 Å². The van der Waals surface area contributed by atoms with E-state index in [0.29, 0.717) is 17.7 Å². The van der Waals surface area contributed by atoms with E-state index in [1.165, 1.54) is 50.3 Å². The maximum absolute atomic E-state index is 11.8. The Bertz CT molecular complexity index is 852. The molecule has 1 N–H and O–H groups in total. The standard InChI is InChI=1S/C22H30O5S.Na/c1-2-3-4-5-6-7-8-9-12-18-17-19(15-16-22(18)28(24,25)26)27-21-14-11-10-13-20(21)23;/h10-11,13-17,23H,2-9,12H2,1H3,(H,24,25,26);/q;+1/p-1. The Hall–Kier alpha value is -1.05. The molecule has 0 unspecified atom stereocenters. The maximum atomic E-state index is 11.8. The third-order valence-electron chi connectivity index (χ3n) is 4.69. The van der Waals surface area contributed by atoms with Gasteiger partial charge in [0.15, 0.2) is 0 Å². The van der Waals surface area contributed by atoms with E-state index >= 15 is 0 Å². The Labute approximate surface area is 196 Å². The molecule has 0 aliphatic rings. The Balaban J connectivity index is 0.00000420. The summed E-state index contributed by atoms with van der Waals surface area (Å²) in [5.41, 5.74) is 0.509. The van der Waals surface area contributed by atoms with Gasteiger partial charge in [0.25, 0.3) is 10.1 Å². The minimum atomic E-state index is -4.31. The first-order valence-electron chi connectivity index (χ1n) is 9.96. The number of aryl methyl sites for hydroxylation is 1. The molecular weight excluding hydrogens is 399 g/mol. The van der Waals surface area contributed by atoms with Crippen molar-refractivity contribution in [2.45, 2.75) is 69.6 Å². The van der Waals surface area contributed by atoms with E-state index in [1.807, 2.05) is 0 Å². The van der Waals surface area contributed by atoms with Gasteiger partial charge in [-0.15, -0.1) is 0 Å². The first kappa shape index (κ1) is 26.0.